The van der Waals surface area contributed by atoms with Gasteiger partial charge in [-0.2, -0.15) is 0 Å². The highest BCUT2D eigenvalue weighted by atomic mass is 16.3. The van der Waals surface area contributed by atoms with Crippen molar-refractivity contribution in [3.8, 4) is 11.3 Å². The quantitative estimate of drug-likeness (QED) is 0.524. The summed E-state index contributed by atoms with van der Waals surface area (Å²) in [5, 5.41) is 22.1. The van der Waals surface area contributed by atoms with E-state index in [9.17, 15) is 9.90 Å². The molecule has 3 N–H and O–H groups in total. The Morgan fingerprint density at radius 1 is 1.19 bits per heavy atom. The molecular formula is C25H28N4O3. The van der Waals surface area contributed by atoms with Crippen molar-refractivity contribution in [2.24, 2.45) is 5.92 Å². The molecule has 2 atom stereocenters. The molecule has 1 aliphatic heterocycles. The van der Waals surface area contributed by atoms with Gasteiger partial charge in [-0.25, -0.2) is 4.98 Å². The van der Waals surface area contributed by atoms with Gasteiger partial charge in [-0.3, -0.25) is 15.1 Å². The largest absolute Gasteiger partial charge is 0.443 e. The summed E-state index contributed by atoms with van der Waals surface area (Å²) >= 11 is 0. The molecule has 0 radical (unpaired) electrons. The zero-order valence-electron chi connectivity index (χ0n) is 18.5. The van der Waals surface area contributed by atoms with Crippen LogP contribution < -0.4 is 5.32 Å². The maximum atomic E-state index is 13.9. The number of aromatic nitrogens is 1. The monoisotopic (exact) mass is 432 g/mol. The van der Waals surface area contributed by atoms with E-state index in [0.29, 0.717) is 17.7 Å². The fourth-order valence-electron chi connectivity index (χ4n) is 4.51. The van der Waals surface area contributed by atoms with Crippen LogP contribution in [-0.4, -0.2) is 33.5 Å². The summed E-state index contributed by atoms with van der Waals surface area (Å²) in [6.45, 7) is 5.65. The molecule has 0 bridgehead atoms. The minimum atomic E-state index is -1.04. The Morgan fingerprint density at radius 3 is 2.56 bits per heavy atom. The van der Waals surface area contributed by atoms with E-state index >= 15 is 0 Å². The molecule has 2 heterocycles. The SMILES string of the molecule is Cc1ncoc1-c1cccc(C(CO)N2C(=N)N[C@](CC(C)C)(c3ccccc3)C2=O)c1. The number of rotatable bonds is 7. The molecule has 2 aromatic carbocycles. The van der Waals surface area contributed by atoms with Gasteiger partial charge in [-0.15, -0.1) is 0 Å². The second-order valence-electron chi connectivity index (χ2n) is 8.61. The highest BCUT2D eigenvalue weighted by molar-refractivity contribution is 6.08. The third-order valence-electron chi connectivity index (χ3n) is 5.90. The number of carbonyl (C=O) groups excluding carboxylic acids is 1. The lowest BCUT2D eigenvalue weighted by Crippen LogP contribution is -2.45. The van der Waals surface area contributed by atoms with E-state index in [-0.39, 0.29) is 24.4 Å². The Bertz CT molecular complexity index is 1120. The molecule has 1 aromatic heterocycles. The zero-order chi connectivity index (χ0) is 22.9. The van der Waals surface area contributed by atoms with Crippen LogP contribution in [0.5, 0.6) is 0 Å². The highest BCUT2D eigenvalue weighted by Crippen LogP contribution is 2.39. The van der Waals surface area contributed by atoms with E-state index in [1.54, 1.807) is 0 Å². The lowest BCUT2D eigenvalue weighted by molar-refractivity contribution is -0.134. The second kappa shape index (κ2) is 8.59. The number of hydrogen-bond acceptors (Lipinski definition) is 5. The number of guanidine groups is 1. The van der Waals surface area contributed by atoms with Crippen LogP contribution in [0, 0.1) is 18.3 Å². The Balaban J connectivity index is 1.75. The minimum Gasteiger partial charge on any atom is -0.443 e. The van der Waals surface area contributed by atoms with Crippen molar-refractivity contribution in [2.75, 3.05) is 6.61 Å². The maximum Gasteiger partial charge on any atom is 0.260 e. The number of aliphatic hydroxyl groups is 1. The van der Waals surface area contributed by atoms with E-state index in [4.69, 9.17) is 9.83 Å². The van der Waals surface area contributed by atoms with Crippen molar-refractivity contribution < 1.29 is 14.3 Å². The first-order valence-electron chi connectivity index (χ1n) is 10.7. The summed E-state index contributed by atoms with van der Waals surface area (Å²) < 4.78 is 5.51. The van der Waals surface area contributed by atoms with Crippen molar-refractivity contribution in [2.45, 2.75) is 38.8 Å². The topological polar surface area (TPSA) is 102 Å². The van der Waals surface area contributed by atoms with Crippen LogP contribution in [0.1, 0.15) is 43.1 Å². The van der Waals surface area contributed by atoms with Gasteiger partial charge in [-0.05, 0) is 36.5 Å². The van der Waals surface area contributed by atoms with Crippen LogP contribution >= 0.6 is 0 Å². The molecular weight excluding hydrogens is 404 g/mol. The van der Waals surface area contributed by atoms with Gasteiger partial charge in [0.1, 0.15) is 5.54 Å². The van der Waals surface area contributed by atoms with E-state index in [0.717, 1.165) is 16.8 Å². The van der Waals surface area contributed by atoms with Gasteiger partial charge in [0.2, 0.25) is 0 Å². The molecule has 1 unspecified atom stereocenters. The summed E-state index contributed by atoms with van der Waals surface area (Å²) in [4.78, 5) is 19.4. The van der Waals surface area contributed by atoms with Crippen LogP contribution in [0.4, 0.5) is 0 Å². The highest BCUT2D eigenvalue weighted by Gasteiger charge is 2.53. The predicted octanol–water partition coefficient (Wildman–Crippen LogP) is 3.99. The fourth-order valence-corrected chi connectivity index (χ4v) is 4.51. The van der Waals surface area contributed by atoms with Crippen molar-refractivity contribution in [1.82, 2.24) is 15.2 Å². The molecule has 1 fully saturated rings. The fraction of sp³-hybridized carbons (Fsp3) is 0.320. The first kappa shape index (κ1) is 21.8. The van der Waals surface area contributed by atoms with E-state index in [1.807, 2.05) is 61.5 Å². The van der Waals surface area contributed by atoms with Gasteiger partial charge >= 0.3 is 0 Å². The average molecular weight is 433 g/mol. The standard InChI is InChI=1S/C25H28N4O3/c1-16(2)13-25(20-10-5-4-6-11-20)23(31)29(24(26)28-25)21(14-30)18-8-7-9-19(12-18)22-17(3)27-15-32-22/h4-12,15-16,21,30H,13-14H2,1-3H3,(H2,26,28)/t21?,25-/m1/s1. The number of nitrogens with one attached hydrogen (secondary N) is 2. The van der Waals surface area contributed by atoms with Crippen LogP contribution in [0.2, 0.25) is 0 Å². The number of oxazole rings is 1. The smallest absolute Gasteiger partial charge is 0.260 e. The predicted molar refractivity (Wildman–Crippen MR) is 122 cm³/mol. The van der Waals surface area contributed by atoms with E-state index in [1.165, 1.54) is 11.3 Å². The lowest BCUT2D eigenvalue weighted by atomic mass is 9.82. The molecule has 1 amide bonds. The number of aryl methyl sites for hydroxylation is 1. The Kier molecular flexibility index (Phi) is 5.84. The van der Waals surface area contributed by atoms with Crippen LogP contribution in [0.25, 0.3) is 11.3 Å². The Labute approximate surface area is 187 Å². The van der Waals surface area contributed by atoms with Gasteiger partial charge in [0.05, 0.1) is 18.3 Å². The number of nitrogens with zero attached hydrogens (tertiary/aromatic N) is 2. The summed E-state index contributed by atoms with van der Waals surface area (Å²) in [6.07, 6.45) is 1.93. The average Bonchev–Trinajstić information content (AvgIpc) is 3.31. The van der Waals surface area contributed by atoms with Crippen molar-refractivity contribution >= 4 is 11.9 Å². The van der Waals surface area contributed by atoms with Crippen molar-refractivity contribution in [3.63, 3.8) is 0 Å². The van der Waals surface area contributed by atoms with Crippen molar-refractivity contribution in [3.05, 3.63) is 77.8 Å². The molecule has 166 valence electrons. The van der Waals surface area contributed by atoms with Crippen LogP contribution in [0.3, 0.4) is 0 Å². The third kappa shape index (κ3) is 3.69. The number of carbonyl (C=O) groups is 1. The van der Waals surface area contributed by atoms with Gasteiger partial charge in [0, 0.05) is 5.56 Å². The summed E-state index contributed by atoms with van der Waals surface area (Å²) in [6, 6.07) is 16.3. The Morgan fingerprint density at radius 2 is 1.94 bits per heavy atom. The molecule has 1 aliphatic rings. The molecule has 1 saturated heterocycles. The maximum absolute atomic E-state index is 13.9. The summed E-state index contributed by atoms with van der Waals surface area (Å²) in [5.74, 6) is 0.607. The number of amides is 1. The van der Waals surface area contributed by atoms with Crippen LogP contribution in [0.15, 0.2) is 65.4 Å². The molecule has 0 aliphatic carbocycles. The molecule has 0 saturated carbocycles. The van der Waals surface area contributed by atoms with Gasteiger partial charge in [0.15, 0.2) is 18.1 Å². The summed E-state index contributed by atoms with van der Waals surface area (Å²) in [7, 11) is 0. The molecule has 7 heteroatoms. The molecule has 3 aromatic rings. The van der Waals surface area contributed by atoms with Gasteiger partial charge < -0.3 is 14.8 Å². The number of aliphatic hydroxyl groups excluding tert-OH is 1. The Hall–Kier alpha value is -3.45. The minimum absolute atomic E-state index is 0.0141. The number of hydrogen-bond donors (Lipinski definition) is 3. The first-order valence-corrected chi connectivity index (χ1v) is 10.7. The molecule has 4 rings (SSSR count). The van der Waals surface area contributed by atoms with Crippen molar-refractivity contribution in [1.29, 1.82) is 5.41 Å². The van der Waals surface area contributed by atoms with E-state index in [2.05, 4.69) is 24.1 Å². The van der Waals surface area contributed by atoms with E-state index < -0.39 is 11.6 Å². The lowest BCUT2D eigenvalue weighted by Gasteiger charge is -2.31. The molecule has 7 nitrogen and oxygen atoms in total. The normalized spacial score (nSPS) is 19.5. The van der Waals surface area contributed by atoms with Gasteiger partial charge in [-0.1, -0.05) is 62.4 Å². The van der Waals surface area contributed by atoms with Gasteiger partial charge in [0.25, 0.3) is 5.91 Å². The molecule has 32 heavy (non-hydrogen) atoms. The third-order valence-corrected chi connectivity index (χ3v) is 5.90. The molecule has 0 spiro atoms. The second-order valence-corrected chi connectivity index (χ2v) is 8.61. The van der Waals surface area contributed by atoms with Crippen LogP contribution in [-0.2, 0) is 10.3 Å². The zero-order valence-corrected chi connectivity index (χ0v) is 18.5. The first-order chi connectivity index (χ1) is 15.4. The summed E-state index contributed by atoms with van der Waals surface area (Å²) in [5.41, 5.74) is 2.05. The number of benzene rings is 2.